The Labute approximate surface area is 98.2 Å². The maximum atomic E-state index is 8.69. The molecule has 1 atom stereocenters. The number of nitriles is 1. The standard InChI is InChI=1S/C11H13BrN2O/c1-14-10(8-13)6-7-15-11-4-2-9(12)3-5-11/h2-5,10,14H,6-7H2,1H3. The highest BCUT2D eigenvalue weighted by Gasteiger charge is 2.03. The minimum Gasteiger partial charge on any atom is -0.493 e. The number of hydrogen-bond donors (Lipinski definition) is 1. The second-order valence-corrected chi connectivity index (χ2v) is 3.98. The minimum atomic E-state index is -0.138. The highest BCUT2D eigenvalue weighted by atomic mass is 79.9. The van der Waals surface area contributed by atoms with E-state index >= 15 is 0 Å². The number of benzene rings is 1. The van der Waals surface area contributed by atoms with Crippen molar-refractivity contribution in [2.24, 2.45) is 0 Å². The zero-order valence-corrected chi connectivity index (χ0v) is 10.1. The van der Waals surface area contributed by atoms with Crippen molar-refractivity contribution >= 4 is 15.9 Å². The molecule has 0 amide bonds. The fourth-order valence-corrected chi connectivity index (χ4v) is 1.36. The highest BCUT2D eigenvalue weighted by Crippen LogP contribution is 2.16. The lowest BCUT2D eigenvalue weighted by molar-refractivity contribution is 0.300. The smallest absolute Gasteiger partial charge is 0.119 e. The van der Waals surface area contributed by atoms with Crippen LogP contribution in [0.1, 0.15) is 6.42 Å². The maximum Gasteiger partial charge on any atom is 0.119 e. The Morgan fingerprint density at radius 1 is 1.47 bits per heavy atom. The van der Waals surface area contributed by atoms with Gasteiger partial charge in [0.1, 0.15) is 5.75 Å². The van der Waals surface area contributed by atoms with Crippen molar-refractivity contribution in [3.63, 3.8) is 0 Å². The fraction of sp³-hybridized carbons (Fsp3) is 0.364. The van der Waals surface area contributed by atoms with E-state index in [1.54, 1.807) is 7.05 Å². The lowest BCUT2D eigenvalue weighted by atomic mass is 10.2. The molecule has 0 saturated heterocycles. The summed E-state index contributed by atoms with van der Waals surface area (Å²) in [6, 6.07) is 9.65. The first-order valence-electron chi connectivity index (χ1n) is 4.71. The largest absolute Gasteiger partial charge is 0.493 e. The van der Waals surface area contributed by atoms with Gasteiger partial charge in [-0.15, -0.1) is 0 Å². The van der Waals surface area contributed by atoms with Crippen LogP contribution in [0.25, 0.3) is 0 Å². The van der Waals surface area contributed by atoms with Crippen LogP contribution in [-0.4, -0.2) is 19.7 Å². The van der Waals surface area contributed by atoms with Gasteiger partial charge in [-0.25, -0.2) is 0 Å². The SMILES string of the molecule is CNC(C#N)CCOc1ccc(Br)cc1. The van der Waals surface area contributed by atoms with Gasteiger partial charge < -0.3 is 10.1 Å². The van der Waals surface area contributed by atoms with Crippen LogP contribution >= 0.6 is 15.9 Å². The maximum absolute atomic E-state index is 8.69. The van der Waals surface area contributed by atoms with Gasteiger partial charge in [-0.05, 0) is 31.3 Å². The summed E-state index contributed by atoms with van der Waals surface area (Å²) >= 11 is 3.35. The molecule has 0 saturated carbocycles. The van der Waals surface area contributed by atoms with Crippen molar-refractivity contribution in [3.05, 3.63) is 28.7 Å². The molecule has 4 heteroatoms. The summed E-state index contributed by atoms with van der Waals surface area (Å²) in [6.07, 6.45) is 0.684. The molecule has 0 radical (unpaired) electrons. The molecule has 1 rings (SSSR count). The van der Waals surface area contributed by atoms with Gasteiger partial charge in [0.2, 0.25) is 0 Å². The van der Waals surface area contributed by atoms with Crippen LogP contribution < -0.4 is 10.1 Å². The molecule has 0 fully saturated rings. The van der Waals surface area contributed by atoms with E-state index in [4.69, 9.17) is 10.00 Å². The topological polar surface area (TPSA) is 45.0 Å². The van der Waals surface area contributed by atoms with Crippen molar-refractivity contribution < 1.29 is 4.74 Å². The van der Waals surface area contributed by atoms with Crippen LogP contribution in [0.3, 0.4) is 0 Å². The number of nitrogens with one attached hydrogen (secondary N) is 1. The monoisotopic (exact) mass is 268 g/mol. The lowest BCUT2D eigenvalue weighted by Crippen LogP contribution is -2.25. The molecule has 1 aromatic carbocycles. The third-order valence-electron chi connectivity index (χ3n) is 1.99. The number of hydrogen-bond acceptors (Lipinski definition) is 3. The van der Waals surface area contributed by atoms with E-state index in [2.05, 4.69) is 27.3 Å². The quantitative estimate of drug-likeness (QED) is 0.892. The molecule has 1 unspecified atom stereocenters. The predicted molar refractivity (Wildman–Crippen MR) is 62.7 cm³/mol. The molecule has 0 aliphatic heterocycles. The molecule has 15 heavy (non-hydrogen) atoms. The van der Waals surface area contributed by atoms with Crippen LogP contribution in [0.4, 0.5) is 0 Å². The first kappa shape index (κ1) is 12.0. The number of halogens is 1. The van der Waals surface area contributed by atoms with E-state index in [1.807, 2.05) is 24.3 Å². The van der Waals surface area contributed by atoms with Gasteiger partial charge in [0, 0.05) is 10.9 Å². The molecule has 0 heterocycles. The molecule has 0 aromatic heterocycles. The normalized spacial score (nSPS) is 11.8. The third-order valence-corrected chi connectivity index (χ3v) is 2.52. The Hall–Kier alpha value is -1.05. The summed E-state index contributed by atoms with van der Waals surface area (Å²) in [4.78, 5) is 0. The van der Waals surface area contributed by atoms with Crippen LogP contribution in [-0.2, 0) is 0 Å². The molecule has 0 bridgehead atoms. The summed E-state index contributed by atoms with van der Waals surface area (Å²) in [5.41, 5.74) is 0. The Morgan fingerprint density at radius 2 is 2.13 bits per heavy atom. The van der Waals surface area contributed by atoms with Gasteiger partial charge in [-0.3, -0.25) is 0 Å². The van der Waals surface area contributed by atoms with Crippen molar-refractivity contribution in [1.82, 2.24) is 5.32 Å². The molecular formula is C11H13BrN2O. The van der Waals surface area contributed by atoms with Crippen molar-refractivity contribution in [2.45, 2.75) is 12.5 Å². The third kappa shape index (κ3) is 4.32. The minimum absolute atomic E-state index is 0.138. The van der Waals surface area contributed by atoms with E-state index < -0.39 is 0 Å². The van der Waals surface area contributed by atoms with Gasteiger partial charge in [-0.2, -0.15) is 5.26 Å². The highest BCUT2D eigenvalue weighted by molar-refractivity contribution is 9.10. The molecular weight excluding hydrogens is 256 g/mol. The Balaban J connectivity index is 2.32. The van der Waals surface area contributed by atoms with Gasteiger partial charge in [0.25, 0.3) is 0 Å². The van der Waals surface area contributed by atoms with Crippen LogP contribution in [0.2, 0.25) is 0 Å². The van der Waals surface area contributed by atoms with Gasteiger partial charge in [0.15, 0.2) is 0 Å². The summed E-state index contributed by atoms with van der Waals surface area (Å²) in [5.74, 6) is 0.825. The molecule has 0 aliphatic carbocycles. The zero-order valence-electron chi connectivity index (χ0n) is 8.53. The van der Waals surface area contributed by atoms with E-state index in [0.717, 1.165) is 10.2 Å². The molecule has 3 nitrogen and oxygen atoms in total. The van der Waals surface area contributed by atoms with E-state index in [9.17, 15) is 0 Å². The lowest BCUT2D eigenvalue weighted by Gasteiger charge is -2.09. The van der Waals surface area contributed by atoms with Crippen LogP contribution in [0.15, 0.2) is 28.7 Å². The molecule has 1 aromatic rings. The average Bonchev–Trinajstić information content (AvgIpc) is 2.27. The van der Waals surface area contributed by atoms with Gasteiger partial charge in [-0.1, -0.05) is 15.9 Å². The van der Waals surface area contributed by atoms with Crippen LogP contribution in [0, 0.1) is 11.3 Å². The number of rotatable bonds is 5. The van der Waals surface area contributed by atoms with Crippen LogP contribution in [0.5, 0.6) is 5.75 Å². The molecule has 1 N–H and O–H groups in total. The zero-order chi connectivity index (χ0) is 11.1. The van der Waals surface area contributed by atoms with Crippen molar-refractivity contribution in [2.75, 3.05) is 13.7 Å². The van der Waals surface area contributed by atoms with Gasteiger partial charge in [0.05, 0.1) is 18.7 Å². The van der Waals surface area contributed by atoms with Gasteiger partial charge >= 0.3 is 0 Å². The first-order valence-corrected chi connectivity index (χ1v) is 5.51. The second kappa shape index (κ2) is 6.44. The Bertz CT molecular complexity index is 331. The summed E-state index contributed by atoms with van der Waals surface area (Å²) in [5, 5.41) is 11.6. The molecule has 80 valence electrons. The first-order chi connectivity index (χ1) is 7.26. The van der Waals surface area contributed by atoms with E-state index in [-0.39, 0.29) is 6.04 Å². The summed E-state index contributed by atoms with van der Waals surface area (Å²) in [6.45, 7) is 0.542. The Morgan fingerprint density at radius 3 is 2.67 bits per heavy atom. The van der Waals surface area contributed by atoms with E-state index in [1.165, 1.54) is 0 Å². The summed E-state index contributed by atoms with van der Waals surface area (Å²) < 4.78 is 6.51. The van der Waals surface area contributed by atoms with Crippen molar-refractivity contribution in [1.29, 1.82) is 5.26 Å². The molecule has 0 spiro atoms. The summed E-state index contributed by atoms with van der Waals surface area (Å²) in [7, 11) is 1.77. The average molecular weight is 269 g/mol. The molecule has 0 aliphatic rings. The predicted octanol–water partition coefficient (Wildman–Crippen LogP) is 2.33. The Kier molecular flexibility index (Phi) is 5.16. The van der Waals surface area contributed by atoms with E-state index in [0.29, 0.717) is 13.0 Å². The number of nitrogens with zero attached hydrogens (tertiary/aromatic N) is 1. The second-order valence-electron chi connectivity index (χ2n) is 3.06. The number of ether oxygens (including phenoxy) is 1. The fourth-order valence-electron chi connectivity index (χ4n) is 1.10. The van der Waals surface area contributed by atoms with Crippen molar-refractivity contribution in [3.8, 4) is 11.8 Å².